The van der Waals surface area contributed by atoms with Gasteiger partial charge in [0.15, 0.2) is 0 Å². The highest BCUT2D eigenvalue weighted by Crippen LogP contribution is 2.20. The topological polar surface area (TPSA) is 57.6 Å². The van der Waals surface area contributed by atoms with Gasteiger partial charge in [-0.1, -0.05) is 0 Å². The van der Waals surface area contributed by atoms with Gasteiger partial charge in [0.05, 0.1) is 19.3 Å². The quantitative estimate of drug-likeness (QED) is 0.880. The molecule has 1 fully saturated rings. The van der Waals surface area contributed by atoms with Gasteiger partial charge in [0, 0.05) is 31.4 Å². The maximum absolute atomic E-state index is 9.23. The van der Waals surface area contributed by atoms with E-state index < -0.39 is 0 Å². The van der Waals surface area contributed by atoms with Crippen molar-refractivity contribution < 1.29 is 9.84 Å². The molecule has 21 heavy (non-hydrogen) atoms. The number of hydrogen-bond donors (Lipinski definition) is 2. The van der Waals surface area contributed by atoms with Crippen molar-refractivity contribution in [3.63, 3.8) is 0 Å². The van der Waals surface area contributed by atoms with Crippen LogP contribution < -0.4 is 10.2 Å². The summed E-state index contributed by atoms with van der Waals surface area (Å²) < 4.78 is 5.49. The molecule has 0 amide bonds. The standard InChI is InChI=1S/C16H27N3O2/c1-12-7-13(9-18-16(2,3)4)8-17-15(12)19-5-6-21-14(10-19)11-20/h7-8,14,18,20H,5-6,9-11H2,1-4H3. The van der Waals surface area contributed by atoms with Crippen LogP contribution >= 0.6 is 0 Å². The third-order valence-corrected chi connectivity index (χ3v) is 3.57. The number of pyridine rings is 1. The highest BCUT2D eigenvalue weighted by molar-refractivity contribution is 5.47. The van der Waals surface area contributed by atoms with Gasteiger partial charge in [0.25, 0.3) is 0 Å². The Hall–Kier alpha value is -1.17. The molecule has 1 aliphatic heterocycles. The van der Waals surface area contributed by atoms with Crippen molar-refractivity contribution in [1.82, 2.24) is 10.3 Å². The number of anilines is 1. The zero-order valence-corrected chi connectivity index (χ0v) is 13.5. The van der Waals surface area contributed by atoms with E-state index in [1.165, 1.54) is 11.1 Å². The molecule has 0 bridgehead atoms. The van der Waals surface area contributed by atoms with Crippen LogP contribution in [0.1, 0.15) is 31.9 Å². The lowest BCUT2D eigenvalue weighted by Crippen LogP contribution is -2.44. The second-order valence-corrected chi connectivity index (χ2v) is 6.71. The predicted molar refractivity (Wildman–Crippen MR) is 84.6 cm³/mol. The molecule has 1 atom stereocenters. The lowest BCUT2D eigenvalue weighted by atomic mass is 10.1. The fraction of sp³-hybridized carbons (Fsp3) is 0.688. The number of nitrogens with zero attached hydrogens (tertiary/aromatic N) is 2. The van der Waals surface area contributed by atoms with Gasteiger partial charge in [-0.3, -0.25) is 0 Å². The third-order valence-electron chi connectivity index (χ3n) is 3.57. The molecule has 118 valence electrons. The molecule has 1 aromatic rings. The van der Waals surface area contributed by atoms with E-state index in [4.69, 9.17) is 4.74 Å². The van der Waals surface area contributed by atoms with Gasteiger partial charge >= 0.3 is 0 Å². The van der Waals surface area contributed by atoms with Gasteiger partial charge in [-0.15, -0.1) is 0 Å². The lowest BCUT2D eigenvalue weighted by molar-refractivity contribution is 0.00333. The molecule has 0 spiro atoms. The Morgan fingerprint density at radius 3 is 2.86 bits per heavy atom. The fourth-order valence-corrected chi connectivity index (χ4v) is 2.44. The van der Waals surface area contributed by atoms with Crippen molar-refractivity contribution in [2.75, 3.05) is 31.2 Å². The van der Waals surface area contributed by atoms with Crippen LogP contribution in [-0.2, 0) is 11.3 Å². The first-order valence-electron chi connectivity index (χ1n) is 7.57. The van der Waals surface area contributed by atoms with E-state index in [0.29, 0.717) is 13.2 Å². The van der Waals surface area contributed by atoms with Gasteiger partial charge in [-0.25, -0.2) is 4.98 Å². The number of aliphatic hydroxyl groups is 1. The van der Waals surface area contributed by atoms with E-state index in [1.807, 2.05) is 6.20 Å². The van der Waals surface area contributed by atoms with Crippen molar-refractivity contribution in [2.24, 2.45) is 0 Å². The average Bonchev–Trinajstić information content (AvgIpc) is 2.44. The first-order valence-corrected chi connectivity index (χ1v) is 7.57. The Morgan fingerprint density at radius 1 is 1.48 bits per heavy atom. The van der Waals surface area contributed by atoms with Crippen LogP contribution in [0.4, 0.5) is 5.82 Å². The van der Waals surface area contributed by atoms with Gasteiger partial charge < -0.3 is 20.1 Å². The second kappa shape index (κ2) is 6.73. The van der Waals surface area contributed by atoms with Gasteiger partial charge in [0.2, 0.25) is 0 Å². The maximum atomic E-state index is 9.23. The fourth-order valence-electron chi connectivity index (χ4n) is 2.44. The molecule has 1 aromatic heterocycles. The summed E-state index contributed by atoms with van der Waals surface area (Å²) in [5.74, 6) is 0.997. The third kappa shape index (κ3) is 4.66. The summed E-state index contributed by atoms with van der Waals surface area (Å²) in [6.07, 6.45) is 1.83. The average molecular weight is 293 g/mol. The molecule has 5 nitrogen and oxygen atoms in total. The normalized spacial score (nSPS) is 19.9. The zero-order chi connectivity index (χ0) is 15.5. The summed E-state index contributed by atoms with van der Waals surface area (Å²) in [5.41, 5.74) is 2.46. The molecular formula is C16H27N3O2. The molecule has 2 rings (SSSR count). The minimum atomic E-state index is -0.109. The van der Waals surface area contributed by atoms with Gasteiger partial charge in [-0.05, 0) is 44.9 Å². The van der Waals surface area contributed by atoms with Crippen molar-refractivity contribution in [2.45, 2.75) is 45.9 Å². The number of aryl methyl sites for hydroxylation is 1. The van der Waals surface area contributed by atoms with E-state index in [-0.39, 0.29) is 18.2 Å². The van der Waals surface area contributed by atoms with Crippen molar-refractivity contribution in [1.29, 1.82) is 0 Å². The molecule has 0 aliphatic carbocycles. The highest BCUT2D eigenvalue weighted by atomic mass is 16.5. The summed E-state index contributed by atoms with van der Waals surface area (Å²) in [5, 5.41) is 12.7. The van der Waals surface area contributed by atoms with Gasteiger partial charge in [0.1, 0.15) is 5.82 Å². The van der Waals surface area contributed by atoms with E-state index in [2.05, 4.69) is 49.0 Å². The number of nitrogens with one attached hydrogen (secondary N) is 1. The molecule has 1 aliphatic rings. The van der Waals surface area contributed by atoms with E-state index in [1.54, 1.807) is 0 Å². The SMILES string of the molecule is Cc1cc(CNC(C)(C)C)cnc1N1CCOC(CO)C1. The monoisotopic (exact) mass is 293 g/mol. The lowest BCUT2D eigenvalue weighted by Gasteiger charge is -2.33. The number of aliphatic hydroxyl groups excluding tert-OH is 1. The van der Waals surface area contributed by atoms with Crippen molar-refractivity contribution in [3.05, 3.63) is 23.4 Å². The van der Waals surface area contributed by atoms with Crippen LogP contribution in [-0.4, -0.2) is 48.0 Å². The predicted octanol–water partition coefficient (Wildman–Crippen LogP) is 1.48. The van der Waals surface area contributed by atoms with Crippen LogP contribution in [0, 0.1) is 6.92 Å². The largest absolute Gasteiger partial charge is 0.394 e. The minimum Gasteiger partial charge on any atom is -0.394 e. The first-order chi connectivity index (χ1) is 9.89. The van der Waals surface area contributed by atoms with Crippen molar-refractivity contribution >= 4 is 5.82 Å². The van der Waals surface area contributed by atoms with Crippen LogP contribution in [0.25, 0.3) is 0 Å². The minimum absolute atomic E-state index is 0.0587. The summed E-state index contributed by atoms with van der Waals surface area (Å²) in [7, 11) is 0. The second-order valence-electron chi connectivity index (χ2n) is 6.71. The van der Waals surface area contributed by atoms with Crippen LogP contribution in [0.5, 0.6) is 0 Å². The molecular weight excluding hydrogens is 266 g/mol. The summed E-state index contributed by atoms with van der Waals surface area (Å²) in [4.78, 5) is 6.82. The molecule has 0 saturated carbocycles. The number of rotatable bonds is 4. The number of morpholine rings is 1. The van der Waals surface area contributed by atoms with Crippen LogP contribution in [0.2, 0.25) is 0 Å². The molecule has 1 unspecified atom stereocenters. The molecule has 5 heteroatoms. The smallest absolute Gasteiger partial charge is 0.131 e. The number of hydrogen-bond acceptors (Lipinski definition) is 5. The molecule has 1 saturated heterocycles. The Kier molecular flexibility index (Phi) is 5.19. The Morgan fingerprint density at radius 2 is 2.24 bits per heavy atom. The molecule has 0 aromatic carbocycles. The number of ether oxygens (including phenoxy) is 1. The first kappa shape index (κ1) is 16.2. The van der Waals surface area contributed by atoms with Gasteiger partial charge in [-0.2, -0.15) is 0 Å². The highest BCUT2D eigenvalue weighted by Gasteiger charge is 2.22. The Balaban J connectivity index is 2.05. The maximum Gasteiger partial charge on any atom is 0.131 e. The molecule has 0 radical (unpaired) electrons. The van der Waals surface area contributed by atoms with E-state index in [9.17, 15) is 5.11 Å². The van der Waals surface area contributed by atoms with E-state index >= 15 is 0 Å². The summed E-state index contributed by atoms with van der Waals surface area (Å²) >= 11 is 0. The van der Waals surface area contributed by atoms with Crippen molar-refractivity contribution in [3.8, 4) is 0 Å². The summed E-state index contributed by atoms with van der Waals surface area (Å²) in [6, 6.07) is 2.19. The summed E-state index contributed by atoms with van der Waals surface area (Å²) in [6.45, 7) is 11.6. The number of aromatic nitrogens is 1. The Labute approximate surface area is 127 Å². The van der Waals surface area contributed by atoms with Crippen LogP contribution in [0.3, 0.4) is 0 Å². The zero-order valence-electron chi connectivity index (χ0n) is 13.5. The molecule has 2 N–H and O–H groups in total. The molecule has 2 heterocycles. The van der Waals surface area contributed by atoms with E-state index in [0.717, 1.165) is 18.9 Å². The Bertz CT molecular complexity index is 471. The van der Waals surface area contributed by atoms with Crippen LogP contribution in [0.15, 0.2) is 12.3 Å².